The summed E-state index contributed by atoms with van der Waals surface area (Å²) in [5.74, 6) is -0.125. The highest BCUT2D eigenvalue weighted by molar-refractivity contribution is 7.92. The maximum absolute atomic E-state index is 12.8. The maximum atomic E-state index is 12.8. The van der Waals surface area contributed by atoms with Crippen molar-refractivity contribution in [1.82, 2.24) is 9.62 Å². The lowest BCUT2D eigenvalue weighted by Crippen LogP contribution is -2.45. The van der Waals surface area contributed by atoms with Gasteiger partial charge >= 0.3 is 0 Å². The zero-order valence-corrected chi connectivity index (χ0v) is 20.0. The van der Waals surface area contributed by atoms with E-state index in [2.05, 4.69) is 31.3 Å². The predicted molar refractivity (Wildman–Crippen MR) is 130 cm³/mol. The van der Waals surface area contributed by atoms with E-state index in [9.17, 15) is 13.2 Å². The fourth-order valence-corrected chi connectivity index (χ4v) is 5.59. The van der Waals surface area contributed by atoms with Gasteiger partial charge in [0.1, 0.15) is 0 Å². The lowest BCUT2D eigenvalue weighted by Gasteiger charge is -2.32. The van der Waals surface area contributed by atoms with Crippen molar-refractivity contribution in [3.05, 3.63) is 77.2 Å². The molecule has 0 saturated carbocycles. The monoisotopic (exact) mass is 454 g/mol. The average molecular weight is 455 g/mol. The quantitative estimate of drug-likeness (QED) is 0.635. The second kappa shape index (κ2) is 10.5. The van der Waals surface area contributed by atoms with Gasteiger partial charge < -0.3 is 5.32 Å². The number of amides is 1. The van der Waals surface area contributed by atoms with Gasteiger partial charge in [0, 0.05) is 30.5 Å². The van der Waals surface area contributed by atoms with E-state index < -0.39 is 10.0 Å². The fourth-order valence-electron chi connectivity index (χ4n) is 4.37. The normalized spacial score (nSPS) is 17.3. The molecule has 1 N–H and O–H groups in total. The smallest absolute Gasteiger partial charge is 0.236 e. The fraction of sp³-hybridized carbons (Fsp3) is 0.423. The van der Waals surface area contributed by atoms with Gasteiger partial charge in [0.05, 0.1) is 0 Å². The zero-order valence-electron chi connectivity index (χ0n) is 19.2. The number of hydrogen-bond donors (Lipinski definition) is 1. The summed E-state index contributed by atoms with van der Waals surface area (Å²) in [6.07, 6.45) is 3.53. The number of carbonyl (C=O) groups is 1. The number of hydrogen-bond acceptors (Lipinski definition) is 3. The third-order valence-corrected chi connectivity index (χ3v) is 7.74. The van der Waals surface area contributed by atoms with Crippen LogP contribution in [0.1, 0.15) is 51.2 Å². The lowest BCUT2D eigenvalue weighted by molar-refractivity contribution is -0.126. The maximum Gasteiger partial charge on any atom is 0.236 e. The van der Waals surface area contributed by atoms with Gasteiger partial charge in [-0.05, 0) is 48.8 Å². The molecular weight excluding hydrogens is 420 g/mol. The first-order valence-electron chi connectivity index (χ1n) is 11.3. The van der Waals surface area contributed by atoms with E-state index in [1.807, 2.05) is 55.5 Å². The van der Waals surface area contributed by atoms with Crippen LogP contribution >= 0.6 is 0 Å². The van der Waals surface area contributed by atoms with Crippen LogP contribution in [0.3, 0.4) is 0 Å². The molecule has 1 fully saturated rings. The number of nitrogens with zero attached hydrogens (tertiary/aromatic N) is 1. The Morgan fingerprint density at radius 1 is 1.06 bits per heavy atom. The first-order chi connectivity index (χ1) is 15.2. The number of benzene rings is 2. The van der Waals surface area contributed by atoms with Crippen LogP contribution < -0.4 is 5.32 Å². The molecule has 1 heterocycles. The number of piperidine rings is 1. The topological polar surface area (TPSA) is 66.5 Å². The molecule has 1 amide bonds. The minimum Gasteiger partial charge on any atom is -0.353 e. The van der Waals surface area contributed by atoms with Crippen molar-refractivity contribution in [3.8, 4) is 0 Å². The van der Waals surface area contributed by atoms with E-state index in [0.717, 1.165) is 12.0 Å². The van der Waals surface area contributed by atoms with Gasteiger partial charge in [0.15, 0.2) is 0 Å². The minimum atomic E-state index is -3.49. The Bertz CT molecular complexity index is 1010. The minimum absolute atomic E-state index is 0.0261. The summed E-state index contributed by atoms with van der Waals surface area (Å²) in [5.41, 5.74) is 2.05. The van der Waals surface area contributed by atoms with E-state index in [0.29, 0.717) is 25.9 Å². The molecule has 2 aromatic carbocycles. The Hall–Kier alpha value is -2.44. The van der Waals surface area contributed by atoms with Gasteiger partial charge in [-0.3, -0.25) is 4.79 Å². The molecule has 1 aliphatic rings. The molecule has 0 aromatic heterocycles. The Kier molecular flexibility index (Phi) is 7.91. The average Bonchev–Trinajstić information content (AvgIpc) is 2.79. The summed E-state index contributed by atoms with van der Waals surface area (Å²) in [6.45, 7) is 7.15. The van der Waals surface area contributed by atoms with E-state index in [1.54, 1.807) is 6.08 Å². The molecular formula is C26H34N2O3S. The first-order valence-corrected chi connectivity index (χ1v) is 12.8. The van der Waals surface area contributed by atoms with Crippen LogP contribution in [0.5, 0.6) is 0 Å². The van der Waals surface area contributed by atoms with Gasteiger partial charge in [-0.25, -0.2) is 8.42 Å². The van der Waals surface area contributed by atoms with Crippen LogP contribution in [0.2, 0.25) is 0 Å². The van der Waals surface area contributed by atoms with Crippen molar-refractivity contribution in [2.75, 3.05) is 13.1 Å². The van der Waals surface area contributed by atoms with Crippen molar-refractivity contribution >= 4 is 22.0 Å². The predicted octanol–water partition coefficient (Wildman–Crippen LogP) is 4.57. The lowest BCUT2D eigenvalue weighted by atomic mass is 9.79. The first kappa shape index (κ1) is 24.2. The molecule has 5 nitrogen and oxygen atoms in total. The second-order valence-electron chi connectivity index (χ2n) is 9.30. The molecule has 1 aliphatic heterocycles. The van der Waals surface area contributed by atoms with Crippen molar-refractivity contribution in [3.63, 3.8) is 0 Å². The highest BCUT2D eigenvalue weighted by Gasteiger charge is 2.31. The third kappa shape index (κ3) is 6.53. The van der Waals surface area contributed by atoms with Crippen LogP contribution in [-0.2, 0) is 20.2 Å². The van der Waals surface area contributed by atoms with E-state index in [4.69, 9.17) is 0 Å². The molecule has 1 unspecified atom stereocenters. The van der Waals surface area contributed by atoms with Crippen molar-refractivity contribution in [2.24, 2.45) is 5.92 Å². The summed E-state index contributed by atoms with van der Waals surface area (Å²) < 4.78 is 26.8. The Balaban J connectivity index is 1.50. The molecule has 1 saturated heterocycles. The van der Waals surface area contributed by atoms with Gasteiger partial charge in [0.25, 0.3) is 0 Å². The summed E-state index contributed by atoms with van der Waals surface area (Å²) in [6, 6.07) is 19.7. The molecule has 172 valence electrons. The Morgan fingerprint density at radius 3 is 2.22 bits per heavy atom. The molecule has 32 heavy (non-hydrogen) atoms. The molecule has 3 rings (SSSR count). The Labute approximate surface area is 192 Å². The number of carbonyl (C=O) groups excluding carboxylic acids is 1. The van der Waals surface area contributed by atoms with Gasteiger partial charge in [-0.15, -0.1) is 0 Å². The van der Waals surface area contributed by atoms with Crippen LogP contribution in [-0.4, -0.2) is 37.8 Å². The van der Waals surface area contributed by atoms with Crippen LogP contribution in [0.25, 0.3) is 6.08 Å². The molecule has 1 atom stereocenters. The molecule has 2 aromatic rings. The van der Waals surface area contributed by atoms with Gasteiger partial charge in [-0.2, -0.15) is 4.31 Å². The van der Waals surface area contributed by atoms with Crippen molar-refractivity contribution < 1.29 is 13.2 Å². The van der Waals surface area contributed by atoms with Crippen LogP contribution in [0.15, 0.2) is 66.1 Å². The summed E-state index contributed by atoms with van der Waals surface area (Å²) in [5, 5.41) is 4.42. The Morgan fingerprint density at radius 2 is 1.62 bits per heavy atom. The number of rotatable bonds is 8. The summed E-state index contributed by atoms with van der Waals surface area (Å²) in [7, 11) is -3.49. The summed E-state index contributed by atoms with van der Waals surface area (Å²) in [4.78, 5) is 12.8. The molecule has 6 heteroatoms. The second-order valence-corrected chi connectivity index (χ2v) is 11.1. The van der Waals surface area contributed by atoms with E-state index >= 15 is 0 Å². The zero-order chi connectivity index (χ0) is 23.2. The number of nitrogens with one attached hydrogen (secondary N) is 1. The number of sulfonamides is 1. The molecule has 0 spiro atoms. The van der Waals surface area contributed by atoms with E-state index in [-0.39, 0.29) is 23.3 Å². The summed E-state index contributed by atoms with van der Waals surface area (Å²) >= 11 is 0. The highest BCUT2D eigenvalue weighted by atomic mass is 32.2. The highest BCUT2D eigenvalue weighted by Crippen LogP contribution is 2.28. The van der Waals surface area contributed by atoms with Crippen molar-refractivity contribution in [1.29, 1.82) is 0 Å². The standard InChI is InChI=1S/C26H34N2O3S/c1-21(20-26(2,3)24-12-8-5-9-13-24)27-25(29)23-14-17-28(18-15-23)32(30,31)19-16-22-10-6-4-7-11-22/h4-13,16,19,21,23H,14-15,17-18,20H2,1-3H3,(H,27,29)/b19-16+. The van der Waals surface area contributed by atoms with Crippen molar-refractivity contribution in [2.45, 2.75) is 51.5 Å². The van der Waals surface area contributed by atoms with E-state index in [1.165, 1.54) is 15.3 Å². The SMILES string of the molecule is CC(CC(C)(C)c1ccccc1)NC(=O)C1CCN(S(=O)(=O)/C=C/c2ccccc2)CC1. The van der Waals surface area contributed by atoms with Crippen LogP contribution in [0.4, 0.5) is 0 Å². The molecule has 0 radical (unpaired) electrons. The van der Waals surface area contributed by atoms with Gasteiger partial charge in [0.2, 0.25) is 15.9 Å². The van der Waals surface area contributed by atoms with Crippen LogP contribution in [0, 0.1) is 5.92 Å². The third-order valence-electron chi connectivity index (χ3n) is 6.18. The molecule has 0 aliphatic carbocycles. The molecule has 0 bridgehead atoms. The largest absolute Gasteiger partial charge is 0.353 e. The van der Waals surface area contributed by atoms with Gasteiger partial charge in [-0.1, -0.05) is 74.5 Å².